The Morgan fingerprint density at radius 1 is 0.662 bits per heavy atom. The van der Waals surface area contributed by atoms with Crippen molar-refractivity contribution in [3.05, 3.63) is 165 Å². The van der Waals surface area contributed by atoms with E-state index in [-0.39, 0.29) is 60.3 Å². The van der Waals surface area contributed by atoms with Crippen LogP contribution in [0.15, 0.2) is 125 Å². The number of carbonyl (C=O) groups is 2. The third-order valence-electron chi connectivity index (χ3n) is 9.93. The van der Waals surface area contributed by atoms with Crippen LogP contribution in [0.5, 0.6) is 0 Å². The number of nitrogens with one attached hydrogen (secondary N) is 4. The number of halogens is 4. The molecule has 0 atom stereocenters. The fourth-order valence-electron chi connectivity index (χ4n) is 6.63. The molecular formula is C45H39Cl2F2N7O11S4. The Balaban J connectivity index is 0.000000191. The maximum absolute atomic E-state index is 14.2. The summed E-state index contributed by atoms with van der Waals surface area (Å²) in [5.41, 5.74) is 5.37. The van der Waals surface area contributed by atoms with E-state index >= 15 is 0 Å². The Morgan fingerprint density at radius 3 is 1.48 bits per heavy atom. The zero-order chi connectivity index (χ0) is 51.9. The fourth-order valence-corrected chi connectivity index (χ4v) is 12.1. The lowest BCUT2D eigenvalue weighted by atomic mass is 10.1. The van der Waals surface area contributed by atoms with Gasteiger partial charge in [0.25, 0.3) is 11.1 Å². The summed E-state index contributed by atoms with van der Waals surface area (Å²) >= 11 is 13.2. The van der Waals surface area contributed by atoms with Gasteiger partial charge in [0.15, 0.2) is 31.2 Å². The van der Waals surface area contributed by atoms with Gasteiger partial charge in [-0.05, 0) is 97.4 Å². The number of fused-ring (bicyclic) bond motifs is 2. The lowest BCUT2D eigenvalue weighted by molar-refractivity contribution is -0.140. The van der Waals surface area contributed by atoms with E-state index in [1.54, 1.807) is 38.2 Å². The molecule has 71 heavy (non-hydrogen) atoms. The number of rotatable bonds is 13. The number of thiophene rings is 2. The van der Waals surface area contributed by atoms with Crippen LogP contribution in [0.1, 0.15) is 12.5 Å². The first-order valence-corrected chi connectivity index (χ1v) is 26.2. The van der Waals surface area contributed by atoms with Gasteiger partial charge in [0.2, 0.25) is 0 Å². The van der Waals surface area contributed by atoms with Crippen molar-refractivity contribution in [3.63, 3.8) is 0 Å². The highest BCUT2D eigenvalue weighted by atomic mass is 35.5. The minimum Gasteiger partial charge on any atom is -0.465 e. The number of carbonyl (C=O) groups excluding carboxylic acids is 2. The highest BCUT2D eigenvalue weighted by Gasteiger charge is 2.23. The smallest absolute Gasteiger partial charge is 0.333 e. The van der Waals surface area contributed by atoms with E-state index in [4.69, 9.17) is 28.9 Å². The Kier molecular flexibility index (Phi) is 16.9. The molecule has 8 aromatic rings. The summed E-state index contributed by atoms with van der Waals surface area (Å²) in [6.07, 6.45) is -0.153. The maximum atomic E-state index is 14.2. The number of aromatic amines is 2. The van der Waals surface area contributed by atoms with Gasteiger partial charge in [-0.2, -0.15) is 0 Å². The molecule has 0 aliphatic carbocycles. The third kappa shape index (κ3) is 12.7. The van der Waals surface area contributed by atoms with Crippen LogP contribution >= 0.6 is 45.9 Å². The third-order valence-corrected chi connectivity index (χ3v) is 16.8. The number of ketones is 1. The molecule has 0 radical (unpaired) electrons. The first kappa shape index (κ1) is 53.4. The average Bonchev–Trinajstić information content (AvgIpc) is 3.97. The SMILES string of the molecule is CCOC(=O)CS(=O)(=O)c1ccc(Cl)s1.CNc1cc2[nH]c(=O)n(-c3ccc(CC(=O)CS(=O)(=O)c4ccc(Cl)s4)cc3)c(=O)c2cc1F.CNc1cc2[nH]c(=O)n(-c3ccc(N)cc3)c(=O)c2cc1F. The first-order chi connectivity index (χ1) is 33.5. The number of nitrogen functional groups attached to an aromatic ring is 1. The number of sulfone groups is 2. The van der Waals surface area contributed by atoms with Crippen molar-refractivity contribution in [3.8, 4) is 11.4 Å². The largest absolute Gasteiger partial charge is 0.465 e. The molecule has 0 amide bonds. The quantitative estimate of drug-likeness (QED) is 0.0623. The van der Waals surface area contributed by atoms with Gasteiger partial charge in [-0.3, -0.25) is 19.2 Å². The molecule has 0 spiro atoms. The van der Waals surface area contributed by atoms with Crippen molar-refractivity contribution in [1.29, 1.82) is 0 Å². The van der Waals surface area contributed by atoms with Gasteiger partial charge in [-0.25, -0.2) is 44.3 Å². The molecule has 0 aliphatic rings. The van der Waals surface area contributed by atoms with E-state index in [9.17, 15) is 54.4 Å². The van der Waals surface area contributed by atoms with Crippen LogP contribution < -0.4 is 38.9 Å². The van der Waals surface area contributed by atoms with Gasteiger partial charge in [-0.15, -0.1) is 22.7 Å². The highest BCUT2D eigenvalue weighted by Crippen LogP contribution is 2.28. The van der Waals surface area contributed by atoms with Gasteiger partial charge in [-0.1, -0.05) is 35.3 Å². The Hall–Kier alpha value is -6.96. The molecule has 18 nitrogen and oxygen atoms in total. The number of aromatic nitrogens is 4. The van der Waals surface area contributed by atoms with Crippen molar-refractivity contribution in [2.24, 2.45) is 0 Å². The van der Waals surface area contributed by atoms with Crippen molar-refractivity contribution in [2.75, 3.05) is 48.6 Å². The van der Waals surface area contributed by atoms with Gasteiger partial charge >= 0.3 is 17.3 Å². The topological polar surface area (TPSA) is 271 Å². The van der Waals surface area contributed by atoms with Crippen molar-refractivity contribution < 1.29 is 39.9 Å². The Bertz CT molecular complexity index is 3800. The number of esters is 1. The summed E-state index contributed by atoms with van der Waals surface area (Å²) in [5.74, 6) is -3.79. The molecular weight excluding hydrogens is 1050 g/mol. The van der Waals surface area contributed by atoms with Gasteiger partial charge in [0.1, 0.15) is 25.8 Å². The molecule has 4 aromatic carbocycles. The zero-order valence-corrected chi connectivity index (χ0v) is 42.0. The van der Waals surface area contributed by atoms with Crippen molar-refractivity contribution in [2.45, 2.75) is 21.8 Å². The number of nitrogens with two attached hydrogens (primary N) is 1. The second kappa shape index (κ2) is 22.4. The van der Waals surface area contributed by atoms with Crippen LogP contribution in [0.3, 0.4) is 0 Å². The highest BCUT2D eigenvalue weighted by molar-refractivity contribution is 7.94. The molecule has 6 N–H and O–H groups in total. The number of hydrogen-bond donors (Lipinski definition) is 5. The molecule has 0 saturated carbocycles. The van der Waals surface area contributed by atoms with Gasteiger partial charge in [0.05, 0.1) is 59.8 Å². The fraction of sp³-hybridized carbons (Fsp3) is 0.156. The Labute approximate surface area is 419 Å². The van der Waals surface area contributed by atoms with E-state index < -0.39 is 77.1 Å². The molecule has 0 bridgehead atoms. The summed E-state index contributed by atoms with van der Waals surface area (Å²) in [4.78, 5) is 78.6. The summed E-state index contributed by atoms with van der Waals surface area (Å²) in [5, 5.41) is 5.39. The lowest BCUT2D eigenvalue weighted by Gasteiger charge is -2.09. The molecule has 4 aromatic heterocycles. The second-order valence-corrected chi connectivity index (χ2v) is 22.7. The number of nitrogens with zero attached hydrogens (tertiary/aromatic N) is 2. The van der Waals surface area contributed by atoms with Crippen LogP contribution in [-0.4, -0.2) is 79.9 Å². The van der Waals surface area contributed by atoms with E-state index in [1.807, 2.05) is 0 Å². The molecule has 0 unspecified atom stereocenters. The predicted molar refractivity (Wildman–Crippen MR) is 272 cm³/mol. The van der Waals surface area contributed by atoms with Gasteiger partial charge < -0.3 is 31.1 Å². The minimum absolute atomic E-state index is 0.00533. The Morgan fingerprint density at radius 2 is 1.08 bits per heavy atom. The standard InChI is InChI=1S/C22H17ClFN3O5S2.C15H13FN4O2.C8H9ClO4S2/c1-25-18-10-17-15(9-16(18)24)21(29)27(22(30)26-17)13-4-2-12(3-5-13)8-14(28)11-34(31,32)20-7-6-19(23)33-20;1-18-13-7-12-10(6-11(13)16)14(21)20(15(22)19-12)9-4-2-8(17)3-5-9;1-2-13-7(10)5-15(11,12)8-4-3-6(9)14-8/h2-7,9-10,25H,8,11H2,1H3,(H,26,30);2-7,18H,17H2,1H3,(H,19,22);3-4H,2,5H2,1H3. The number of Topliss-reactive ketones (excluding diaryl/α,β-unsaturated/α-hetero) is 1. The van der Waals surface area contributed by atoms with Crippen LogP contribution in [0.25, 0.3) is 33.2 Å². The number of anilines is 3. The first-order valence-electron chi connectivity index (χ1n) is 20.5. The monoisotopic (exact) mass is 1090 g/mol. The second-order valence-electron chi connectivity index (χ2n) is 14.8. The van der Waals surface area contributed by atoms with E-state index in [0.29, 0.717) is 25.6 Å². The van der Waals surface area contributed by atoms with Crippen LogP contribution in [0.2, 0.25) is 8.67 Å². The normalized spacial score (nSPS) is 11.3. The molecule has 26 heteroatoms. The van der Waals surface area contributed by atoms with E-state index in [1.165, 1.54) is 67.7 Å². The van der Waals surface area contributed by atoms with Crippen molar-refractivity contribution >= 4 is 116 Å². The molecule has 8 rings (SSSR count). The minimum atomic E-state index is -3.79. The lowest BCUT2D eigenvalue weighted by Crippen LogP contribution is -2.33. The maximum Gasteiger partial charge on any atom is 0.333 e. The van der Waals surface area contributed by atoms with E-state index in [0.717, 1.165) is 43.9 Å². The van der Waals surface area contributed by atoms with E-state index in [2.05, 4.69) is 25.3 Å². The average molecular weight is 1090 g/mol. The molecule has 0 fully saturated rings. The summed E-state index contributed by atoms with van der Waals surface area (Å²) < 4.78 is 83.0. The van der Waals surface area contributed by atoms with Crippen LogP contribution in [0.4, 0.5) is 25.8 Å². The predicted octanol–water partition coefficient (Wildman–Crippen LogP) is 6.34. The molecule has 4 heterocycles. The number of ether oxygens (including phenoxy) is 1. The van der Waals surface area contributed by atoms with Crippen molar-refractivity contribution in [1.82, 2.24) is 19.1 Å². The molecule has 0 saturated heterocycles. The molecule has 372 valence electrons. The van der Waals surface area contributed by atoms with Gasteiger partial charge in [0, 0.05) is 26.2 Å². The summed E-state index contributed by atoms with van der Waals surface area (Å²) in [6, 6.07) is 22.7. The van der Waals surface area contributed by atoms with Crippen LogP contribution in [-0.2, 0) is 40.4 Å². The number of hydrogen-bond acceptors (Lipinski definition) is 16. The van der Waals surface area contributed by atoms with Crippen LogP contribution in [0, 0.1) is 11.6 Å². The summed E-state index contributed by atoms with van der Waals surface area (Å²) in [7, 11) is -4.32. The number of H-pyrrole nitrogens is 2. The molecule has 0 aliphatic heterocycles. The zero-order valence-electron chi connectivity index (χ0n) is 37.2. The number of benzene rings is 4. The summed E-state index contributed by atoms with van der Waals surface area (Å²) in [6.45, 7) is 1.78.